The van der Waals surface area contributed by atoms with Crippen LogP contribution in [-0.4, -0.2) is 157 Å². The van der Waals surface area contributed by atoms with Gasteiger partial charge in [0.25, 0.3) is 5.91 Å². The number of hydrogen-bond acceptors (Lipinski definition) is 22. The van der Waals surface area contributed by atoms with Gasteiger partial charge in [-0.15, -0.1) is 0 Å². The molecule has 34 nitrogen and oxygen atoms in total. The van der Waals surface area contributed by atoms with Crippen LogP contribution < -0.4 is 27.7 Å². The molecule has 0 atom stereocenters. The van der Waals surface area contributed by atoms with Gasteiger partial charge in [0, 0.05) is 76.2 Å². The number of amides is 1. The highest BCUT2D eigenvalue weighted by atomic mass is 35.5. The number of benzene rings is 4. The Morgan fingerprint density at radius 3 is 1.42 bits per heavy atom. The standard InChI is InChI=1S/C24H23N7O3.C23H24N6O2.C21H19N7O2.C19H16ClN5O2/c1-33-18-4-2-3-15-11-17(28-19(15)18)20-21-22(25)26-13-27-31(21)23(29-20)14-5-8-30(9-6-14)24(32)16-7-10-34-12-16;24-21-20-19(17-10-15-2-1-3-16(12-4-5-12)18(15)27-17)28-22(29(20)26-11-25-21)13-6-8-14(9-7-13)23(30)31;22-9-14-3-1-2-13-8-15(26-16(13)14)17-18-19(23)24-10-25-28(18)20(27-17)11-4-6-12(7-5-11)21(29)30;20-12-3-1-2-9-8-13(23-14(9)12)15-16-17(21)22-4-5-25(16)18(24-15)10-6-11(7-10)19(26)27/h2-4,7,10-14,28H,5-6,8-9H2,1H3,(H2,25,26,27);1-3,10-14,27H,4-9H2,(H,30,31)(H2,24,25,26);1-3,8,10-12,26H,4-7H2,(H,29,30)(H2,23,24,25);1-5,8,10-11,23H,6-7H2,(H2,21,22)(H,26,27). The van der Waals surface area contributed by atoms with Crippen LogP contribution in [0.15, 0.2) is 151 Å². The number of aromatic amines is 4. The molecule has 4 saturated carbocycles. The van der Waals surface area contributed by atoms with E-state index < -0.39 is 17.9 Å². The van der Waals surface area contributed by atoms with Crippen molar-refractivity contribution in [2.75, 3.05) is 43.1 Å². The number of nitrogen functional groups attached to an aromatic ring is 4. The first-order valence-corrected chi connectivity index (χ1v) is 40.9. The smallest absolute Gasteiger partial charge is 0.306 e. The number of para-hydroxylation sites is 4. The monoisotopic (exact) mass is 1660 g/mol. The first-order valence-electron chi connectivity index (χ1n) is 40.5. The average molecular weight is 1660 g/mol. The number of carbonyl (C=O) groups excluding carboxylic acids is 1. The number of carboxylic acids is 3. The highest BCUT2D eigenvalue weighted by Gasteiger charge is 2.40. The van der Waals surface area contributed by atoms with Crippen molar-refractivity contribution in [1.82, 2.24) is 98.0 Å². The number of halogens is 1. The topological polar surface area (TPSA) is 505 Å². The molecule has 1 saturated heterocycles. The van der Waals surface area contributed by atoms with Gasteiger partial charge in [-0.3, -0.25) is 23.6 Å². The van der Waals surface area contributed by atoms with Crippen molar-refractivity contribution in [3.63, 3.8) is 0 Å². The molecule has 0 spiro atoms. The lowest BCUT2D eigenvalue weighted by atomic mass is 9.74. The van der Waals surface area contributed by atoms with Gasteiger partial charge >= 0.3 is 17.9 Å². The Labute approximate surface area is 697 Å². The number of nitrogens with one attached hydrogen (secondary N) is 4. The fraction of sp³-hybridized carbons (Fsp3) is 0.287. The van der Waals surface area contributed by atoms with Gasteiger partial charge in [0.2, 0.25) is 0 Å². The van der Waals surface area contributed by atoms with Gasteiger partial charge in [-0.1, -0.05) is 66.2 Å². The average Bonchev–Trinajstić information content (AvgIpc) is 1.61. The summed E-state index contributed by atoms with van der Waals surface area (Å²) in [5.41, 5.74) is 39.8. The van der Waals surface area contributed by atoms with Gasteiger partial charge in [-0.2, -0.15) is 20.6 Å². The molecule has 1 aliphatic heterocycles. The number of fused-ring (bicyclic) bond motifs is 8. The summed E-state index contributed by atoms with van der Waals surface area (Å²) in [6.07, 6.45) is 21.5. The number of ether oxygens (including phenoxy) is 1. The lowest BCUT2D eigenvalue weighted by Gasteiger charge is -2.31. The van der Waals surface area contributed by atoms with Crippen LogP contribution in [0.1, 0.15) is 164 Å². The third-order valence-electron chi connectivity index (χ3n) is 24.7. The molecule has 4 aromatic carbocycles. The zero-order valence-corrected chi connectivity index (χ0v) is 66.6. The number of H-pyrrole nitrogens is 4. The fourth-order valence-corrected chi connectivity index (χ4v) is 18.3. The second-order valence-electron chi connectivity index (χ2n) is 31.9. The molecular weight excluding hydrogens is 1570 g/mol. The van der Waals surface area contributed by atoms with Gasteiger partial charge in [0.05, 0.1) is 86.6 Å². The largest absolute Gasteiger partial charge is 0.495 e. The maximum atomic E-state index is 12.7. The Morgan fingerprint density at radius 2 is 0.926 bits per heavy atom. The van der Waals surface area contributed by atoms with Crippen LogP contribution in [0.4, 0.5) is 23.3 Å². The van der Waals surface area contributed by atoms with E-state index in [4.69, 9.17) is 63.6 Å². The van der Waals surface area contributed by atoms with Crippen molar-refractivity contribution < 1.29 is 43.7 Å². The molecule has 13 aromatic heterocycles. The van der Waals surface area contributed by atoms with Crippen LogP contribution in [0.5, 0.6) is 5.75 Å². The molecule has 22 rings (SSSR count). The van der Waals surface area contributed by atoms with Crippen LogP contribution in [0.2, 0.25) is 5.02 Å². The summed E-state index contributed by atoms with van der Waals surface area (Å²) in [4.78, 5) is 98.5. The van der Waals surface area contributed by atoms with Gasteiger partial charge in [0.15, 0.2) is 17.5 Å². The number of aromatic nitrogens is 19. The highest BCUT2D eigenvalue weighted by Crippen LogP contribution is 2.48. The maximum Gasteiger partial charge on any atom is 0.306 e. The molecule has 4 aliphatic carbocycles. The lowest BCUT2D eigenvalue weighted by Crippen LogP contribution is -2.38. The molecular formula is C87H82ClN25O9. The number of aliphatic carboxylic acids is 3. The minimum absolute atomic E-state index is 0.0144. The molecule has 616 valence electrons. The Hall–Kier alpha value is -14.8. The minimum Gasteiger partial charge on any atom is -0.495 e. The Morgan fingerprint density at radius 1 is 0.492 bits per heavy atom. The number of piperidine rings is 1. The third kappa shape index (κ3) is 14.1. The molecule has 0 bridgehead atoms. The van der Waals surface area contributed by atoms with Crippen LogP contribution in [-0.2, 0) is 14.4 Å². The zero-order chi connectivity index (χ0) is 83.9. The van der Waals surface area contributed by atoms with Crippen molar-refractivity contribution in [3.8, 4) is 57.4 Å². The van der Waals surface area contributed by atoms with Crippen molar-refractivity contribution in [3.05, 3.63) is 192 Å². The predicted molar refractivity (Wildman–Crippen MR) is 455 cm³/mol. The number of nitriles is 1. The normalized spacial score (nSPS) is 18.6. The van der Waals surface area contributed by atoms with Gasteiger partial charge < -0.3 is 72.2 Å². The second kappa shape index (κ2) is 31.5. The lowest BCUT2D eigenvalue weighted by molar-refractivity contribution is -0.145. The second-order valence-corrected chi connectivity index (χ2v) is 32.3. The number of furan rings is 1. The Bertz CT molecular complexity index is 6990. The molecule has 35 heteroatoms. The molecule has 0 radical (unpaired) electrons. The van der Waals surface area contributed by atoms with Crippen LogP contribution in [0.3, 0.4) is 0 Å². The summed E-state index contributed by atoms with van der Waals surface area (Å²) in [7, 11) is 1.65. The highest BCUT2D eigenvalue weighted by molar-refractivity contribution is 6.35. The number of imidazole rings is 4. The molecule has 14 heterocycles. The van der Waals surface area contributed by atoms with E-state index in [0.29, 0.717) is 136 Å². The number of hydrogen-bond donors (Lipinski definition) is 11. The summed E-state index contributed by atoms with van der Waals surface area (Å²) >= 11 is 6.29. The summed E-state index contributed by atoms with van der Waals surface area (Å²) < 4.78 is 17.8. The van der Waals surface area contributed by atoms with Crippen molar-refractivity contribution in [1.29, 1.82) is 5.26 Å². The SMILES string of the molecule is COc1cccc2cc(-c3nc(C4CCN(C(=O)c5ccoc5)CC4)n4ncnc(N)c34)[nH]c12.N#Cc1cccc2cc(-c3nc(C4CCC(C(=O)O)CC4)n4ncnc(N)c34)[nH]c12.Nc1nccn2c(C3CC(C(=O)O)C3)nc(-c3cc4cccc(Cl)c4[nH]3)c12.Nc1ncnn2c(C3CCC(C(=O)O)CC3)nc(-c3cc4cccc(C5CC5)c4[nH]3)c12. The Kier molecular flexibility index (Phi) is 19.9. The number of rotatable bonds is 14. The number of nitrogens with zero attached hydrogens (tertiary/aromatic N) is 17. The van der Waals surface area contributed by atoms with Crippen molar-refractivity contribution >= 4 is 124 Å². The van der Waals surface area contributed by atoms with E-state index >= 15 is 0 Å². The molecule has 1 amide bonds. The van der Waals surface area contributed by atoms with E-state index in [0.717, 1.165) is 129 Å². The maximum absolute atomic E-state index is 12.7. The number of carbonyl (C=O) groups is 4. The number of methoxy groups -OCH3 is 1. The number of anilines is 4. The first kappa shape index (κ1) is 77.2. The van der Waals surface area contributed by atoms with E-state index in [9.17, 15) is 39.8 Å². The summed E-state index contributed by atoms with van der Waals surface area (Å²) in [6.45, 7) is 1.26. The number of nitrogens with two attached hydrogens (primary N) is 4. The summed E-state index contributed by atoms with van der Waals surface area (Å²) in [6, 6.07) is 35.5. The Balaban J connectivity index is 0.000000107. The van der Waals surface area contributed by atoms with E-state index in [1.807, 2.05) is 82.2 Å². The van der Waals surface area contributed by atoms with Crippen molar-refractivity contribution in [2.45, 2.75) is 119 Å². The zero-order valence-electron chi connectivity index (χ0n) is 65.9. The van der Waals surface area contributed by atoms with E-state index in [1.165, 1.54) is 60.8 Å². The molecule has 5 fully saturated rings. The van der Waals surface area contributed by atoms with E-state index in [1.54, 1.807) is 39.0 Å². The van der Waals surface area contributed by atoms with E-state index in [-0.39, 0.29) is 47.3 Å². The van der Waals surface area contributed by atoms with Crippen LogP contribution in [0.25, 0.3) is 111 Å². The molecule has 0 unspecified atom stereocenters. The predicted octanol–water partition coefficient (Wildman–Crippen LogP) is 14.3. The minimum atomic E-state index is -0.751. The van der Waals surface area contributed by atoms with Gasteiger partial charge in [-0.05, 0) is 150 Å². The fourth-order valence-electron chi connectivity index (χ4n) is 18.1. The van der Waals surface area contributed by atoms with Gasteiger partial charge in [-0.25, -0.2) is 53.4 Å². The third-order valence-corrected chi connectivity index (χ3v) is 25.0. The number of carboxylic acid groups (broad SMARTS) is 3. The number of likely N-dealkylation sites (tertiary alicyclic amines) is 1. The first-order chi connectivity index (χ1) is 59.3. The van der Waals surface area contributed by atoms with E-state index in [2.05, 4.69) is 85.5 Å². The molecule has 15 N–H and O–H groups in total. The molecule has 17 aromatic rings. The molecule has 5 aliphatic rings. The van der Waals surface area contributed by atoms with Crippen molar-refractivity contribution in [2.24, 2.45) is 17.8 Å². The summed E-state index contributed by atoms with van der Waals surface area (Å²) in [5.74, 6) is 3.46. The van der Waals surface area contributed by atoms with Crippen LogP contribution in [0, 0.1) is 29.1 Å². The van der Waals surface area contributed by atoms with Gasteiger partial charge in [0.1, 0.15) is 111 Å². The summed E-state index contributed by atoms with van der Waals surface area (Å²) in [5, 5.41) is 55.2. The van der Waals surface area contributed by atoms with Crippen LogP contribution >= 0.6 is 11.6 Å². The molecule has 122 heavy (non-hydrogen) atoms. The quantitative estimate of drug-likeness (QED) is 0.0482.